The van der Waals surface area contributed by atoms with Gasteiger partial charge in [-0.05, 0) is 49.4 Å². The van der Waals surface area contributed by atoms with E-state index >= 15 is 0 Å². The molecule has 0 saturated carbocycles. The second-order valence-corrected chi connectivity index (χ2v) is 11.4. The van der Waals surface area contributed by atoms with Crippen LogP contribution in [0.25, 0.3) is 10.2 Å². The summed E-state index contributed by atoms with van der Waals surface area (Å²) in [4.78, 5) is 33.5. The number of carbonyl (C=O) groups is 2. The van der Waals surface area contributed by atoms with Crippen LogP contribution in [0.3, 0.4) is 0 Å². The van der Waals surface area contributed by atoms with Crippen LogP contribution in [-0.4, -0.2) is 97.5 Å². The summed E-state index contributed by atoms with van der Waals surface area (Å²) >= 11 is 9.04. The number of halogens is 1. The lowest BCUT2D eigenvalue weighted by atomic mass is 10.1. The van der Waals surface area contributed by atoms with Crippen molar-refractivity contribution < 1.29 is 40.2 Å². The van der Waals surface area contributed by atoms with Gasteiger partial charge in [-0.15, -0.1) is 0 Å². The molecule has 3 atom stereocenters. The van der Waals surface area contributed by atoms with E-state index in [1.165, 1.54) is 11.6 Å². The Labute approximate surface area is 249 Å². The lowest BCUT2D eigenvalue weighted by Crippen LogP contribution is -2.39. The molecular formula is C26H34ClN3O9S2. The van der Waals surface area contributed by atoms with E-state index < -0.39 is 30.3 Å². The molecule has 9 N–H and O–H groups in total. The molecule has 0 radical (unpaired) electrons. The Kier molecular flexibility index (Phi) is 15.1. The molecule has 12 nitrogen and oxygen atoms in total. The summed E-state index contributed by atoms with van der Waals surface area (Å²) in [5.74, 6) is -1.47. The van der Waals surface area contributed by atoms with Gasteiger partial charge in [-0.2, -0.15) is 11.8 Å². The second-order valence-electron chi connectivity index (χ2n) is 8.74. The molecule has 0 aliphatic carbocycles. The second kappa shape index (κ2) is 18.0. The number of aliphatic carboxylic acids is 2. The van der Waals surface area contributed by atoms with Crippen LogP contribution in [0.15, 0.2) is 41.2 Å². The van der Waals surface area contributed by atoms with E-state index in [1.807, 2.05) is 30.0 Å². The highest BCUT2D eigenvalue weighted by Crippen LogP contribution is 2.31. The molecule has 1 aromatic heterocycles. The zero-order chi connectivity index (χ0) is 30.4. The normalized spacial score (nSPS) is 13.3. The highest BCUT2D eigenvalue weighted by molar-refractivity contribution is 7.99. The van der Waals surface area contributed by atoms with E-state index in [0.29, 0.717) is 22.3 Å². The van der Waals surface area contributed by atoms with Crippen molar-refractivity contribution >= 4 is 56.9 Å². The number of nitrogens with one attached hydrogen (secondary N) is 3. The van der Waals surface area contributed by atoms with Crippen molar-refractivity contribution in [2.24, 2.45) is 0 Å². The standard InChI is InChI=1S/C22H28ClN3O3S2.C4H6O6/c23-17-5-2-1-4-15(17)8-10-24-9-3-12-30-13-11-25-14-19(28)16-6-7-18(27)20-21(16)31-22(29)26-20;5-1(3(7)8)2(6)4(9)10/h1-2,4-7,19,24-25,27-28H,3,8-14H2,(H,26,29);1-2,5-6H,(H,7,8)(H,9,10)/t19-;1-,2-/m01/s1. The maximum Gasteiger partial charge on any atom is 0.335 e. The predicted molar refractivity (Wildman–Crippen MR) is 159 cm³/mol. The van der Waals surface area contributed by atoms with E-state index in [0.717, 1.165) is 60.3 Å². The minimum atomic E-state index is -2.27. The minimum Gasteiger partial charge on any atom is -0.506 e. The van der Waals surface area contributed by atoms with Crippen molar-refractivity contribution in [2.75, 3.05) is 37.7 Å². The topological polar surface area (TPSA) is 212 Å². The molecule has 15 heteroatoms. The van der Waals surface area contributed by atoms with Crippen molar-refractivity contribution in [3.63, 3.8) is 0 Å². The highest BCUT2D eigenvalue weighted by Gasteiger charge is 2.29. The van der Waals surface area contributed by atoms with Gasteiger partial charge in [0.05, 0.1) is 10.8 Å². The van der Waals surface area contributed by atoms with Crippen LogP contribution in [0.4, 0.5) is 0 Å². The number of hydrogen-bond donors (Lipinski definition) is 9. The number of aliphatic hydroxyl groups excluding tert-OH is 3. The number of carboxylic acid groups (broad SMARTS) is 2. The average molecular weight is 632 g/mol. The first-order valence-electron chi connectivity index (χ1n) is 12.6. The lowest BCUT2D eigenvalue weighted by Gasteiger charge is -2.13. The fourth-order valence-corrected chi connectivity index (χ4v) is 5.51. The summed E-state index contributed by atoms with van der Waals surface area (Å²) in [6, 6.07) is 11.1. The van der Waals surface area contributed by atoms with E-state index in [-0.39, 0.29) is 10.6 Å². The van der Waals surface area contributed by atoms with Crippen LogP contribution in [-0.2, 0) is 16.0 Å². The maximum absolute atomic E-state index is 11.6. The molecule has 0 aliphatic heterocycles. The number of fused-ring (bicyclic) bond motifs is 1. The number of thioether (sulfide) groups is 1. The van der Waals surface area contributed by atoms with Crippen LogP contribution >= 0.6 is 34.7 Å². The Bertz CT molecular complexity index is 1300. The zero-order valence-electron chi connectivity index (χ0n) is 22.0. The fraction of sp³-hybridized carbons (Fsp3) is 0.423. The Balaban J connectivity index is 0.000000503. The number of rotatable bonds is 16. The van der Waals surface area contributed by atoms with Crippen molar-refractivity contribution in [1.29, 1.82) is 0 Å². The van der Waals surface area contributed by atoms with E-state index in [4.69, 9.17) is 32.0 Å². The largest absolute Gasteiger partial charge is 0.506 e. The minimum absolute atomic E-state index is 0.0204. The number of aliphatic hydroxyl groups is 3. The van der Waals surface area contributed by atoms with Crippen LogP contribution in [0.5, 0.6) is 5.75 Å². The third-order valence-corrected chi connectivity index (χ3v) is 8.05. The van der Waals surface area contributed by atoms with Gasteiger partial charge in [0, 0.05) is 29.4 Å². The first-order chi connectivity index (χ1) is 19.5. The highest BCUT2D eigenvalue weighted by atomic mass is 35.5. The SMILES string of the molecule is O=C(O)[C@H](O)[C@@H](O)C(=O)O.O=c1[nH]c2c(O)ccc([C@@H](O)CNCCSCCCNCCc3ccccc3Cl)c2s1. The van der Waals surface area contributed by atoms with Gasteiger partial charge in [0.1, 0.15) is 11.3 Å². The van der Waals surface area contributed by atoms with Crippen molar-refractivity contribution in [1.82, 2.24) is 15.6 Å². The van der Waals surface area contributed by atoms with Gasteiger partial charge < -0.3 is 46.3 Å². The van der Waals surface area contributed by atoms with Gasteiger partial charge in [-0.1, -0.05) is 47.2 Å². The third-order valence-electron chi connectivity index (χ3n) is 5.68. The molecule has 2 aromatic carbocycles. The number of H-pyrrole nitrogens is 1. The van der Waals surface area contributed by atoms with Crippen LogP contribution in [0.2, 0.25) is 5.02 Å². The monoisotopic (exact) mass is 631 g/mol. The van der Waals surface area contributed by atoms with Crippen LogP contribution < -0.4 is 15.5 Å². The van der Waals surface area contributed by atoms with Crippen molar-refractivity contribution in [3.05, 3.63) is 62.2 Å². The number of aromatic amines is 1. The number of carboxylic acids is 2. The molecule has 0 amide bonds. The summed E-state index contributed by atoms with van der Waals surface area (Å²) in [5.41, 5.74) is 2.22. The first kappa shape index (κ1) is 34.5. The fourth-order valence-electron chi connectivity index (χ4n) is 3.52. The summed E-state index contributed by atoms with van der Waals surface area (Å²) in [7, 11) is 0. The molecule has 0 unspecified atom stereocenters. The van der Waals surface area contributed by atoms with Gasteiger partial charge in [-0.3, -0.25) is 4.79 Å². The zero-order valence-corrected chi connectivity index (χ0v) is 24.3. The number of phenols is 1. The molecule has 3 aromatic rings. The molecule has 226 valence electrons. The molecule has 1 heterocycles. The summed E-state index contributed by atoms with van der Waals surface area (Å²) in [6.07, 6.45) is -3.23. The lowest BCUT2D eigenvalue weighted by molar-refractivity contribution is -0.165. The number of phenolic OH excluding ortho intramolecular Hbond substituents is 1. The molecule has 0 bridgehead atoms. The Hall–Kier alpha value is -2.69. The molecule has 41 heavy (non-hydrogen) atoms. The van der Waals surface area contributed by atoms with Crippen molar-refractivity contribution in [3.8, 4) is 5.75 Å². The third kappa shape index (κ3) is 11.6. The molecule has 0 spiro atoms. The van der Waals surface area contributed by atoms with Gasteiger partial charge in [-0.25, -0.2) is 9.59 Å². The molecule has 3 rings (SSSR count). The number of aromatic hydroxyl groups is 1. The number of thiazole rings is 1. The number of benzene rings is 2. The Morgan fingerprint density at radius 2 is 1.63 bits per heavy atom. The molecule has 0 saturated heterocycles. The summed E-state index contributed by atoms with van der Waals surface area (Å²) in [5, 5.41) is 60.4. The van der Waals surface area contributed by atoms with Crippen molar-refractivity contribution in [2.45, 2.75) is 31.2 Å². The van der Waals surface area contributed by atoms with E-state index in [9.17, 15) is 24.6 Å². The van der Waals surface area contributed by atoms with Gasteiger partial charge in [0.2, 0.25) is 0 Å². The number of aromatic nitrogens is 1. The first-order valence-corrected chi connectivity index (χ1v) is 14.9. The maximum atomic E-state index is 11.6. The van der Waals surface area contributed by atoms with E-state index in [1.54, 1.807) is 6.07 Å². The summed E-state index contributed by atoms with van der Waals surface area (Å²) < 4.78 is 0.607. The van der Waals surface area contributed by atoms with Gasteiger partial charge in [0.25, 0.3) is 0 Å². The molecule has 0 aliphatic rings. The summed E-state index contributed by atoms with van der Waals surface area (Å²) in [6.45, 7) is 3.11. The van der Waals surface area contributed by atoms with Crippen LogP contribution in [0, 0.1) is 0 Å². The Morgan fingerprint density at radius 3 is 2.29 bits per heavy atom. The smallest absolute Gasteiger partial charge is 0.335 e. The van der Waals surface area contributed by atoms with Gasteiger partial charge >= 0.3 is 16.8 Å². The molecule has 0 fully saturated rings. The van der Waals surface area contributed by atoms with Gasteiger partial charge in [0.15, 0.2) is 12.2 Å². The predicted octanol–water partition coefficient (Wildman–Crippen LogP) is 1.40. The Morgan fingerprint density at radius 1 is 0.951 bits per heavy atom. The van der Waals surface area contributed by atoms with E-state index in [2.05, 4.69) is 21.7 Å². The molecular weight excluding hydrogens is 598 g/mol. The average Bonchev–Trinajstić information content (AvgIpc) is 3.34. The quantitative estimate of drug-likeness (QED) is 0.103. The van der Waals surface area contributed by atoms with Crippen LogP contribution in [0.1, 0.15) is 23.7 Å². The number of hydrogen-bond acceptors (Lipinski definition) is 11.